The first-order valence-corrected chi connectivity index (χ1v) is 4.75. The summed E-state index contributed by atoms with van der Waals surface area (Å²) in [7, 11) is 0. The number of benzene rings is 1. The number of non-ortho nitro benzene ring substituents is 1. The Morgan fingerprint density at radius 3 is 2.80 bits per heavy atom. The summed E-state index contributed by atoms with van der Waals surface area (Å²) in [6, 6.07) is 4.81. The number of nitrogens with one attached hydrogen (secondary N) is 1. The lowest BCUT2D eigenvalue weighted by Gasteiger charge is -2.06. The Kier molecular flexibility index (Phi) is 3.85. The van der Waals surface area contributed by atoms with Gasteiger partial charge in [0.1, 0.15) is 0 Å². The van der Waals surface area contributed by atoms with E-state index in [2.05, 4.69) is 5.32 Å². The Labute approximate surface area is 88.8 Å². The second-order valence-electron chi connectivity index (χ2n) is 3.21. The van der Waals surface area contributed by atoms with Gasteiger partial charge in [-0.15, -0.1) is 0 Å². The summed E-state index contributed by atoms with van der Waals surface area (Å²) in [6.45, 7) is 4.53. The predicted octanol–water partition coefficient (Wildman–Crippen LogP) is 2.89. The molecule has 0 saturated carbocycles. The van der Waals surface area contributed by atoms with E-state index in [9.17, 15) is 10.1 Å². The van der Waals surface area contributed by atoms with Gasteiger partial charge in [0.05, 0.1) is 4.92 Å². The van der Waals surface area contributed by atoms with Gasteiger partial charge in [-0.3, -0.25) is 10.1 Å². The van der Waals surface area contributed by atoms with Crippen molar-refractivity contribution in [3.05, 3.63) is 46.0 Å². The molecule has 4 heteroatoms. The van der Waals surface area contributed by atoms with Gasteiger partial charge in [0.15, 0.2) is 0 Å². The monoisotopic (exact) mass is 206 g/mol. The number of aryl methyl sites for hydroxylation is 1. The van der Waals surface area contributed by atoms with Crippen LogP contribution in [0.2, 0.25) is 0 Å². The van der Waals surface area contributed by atoms with E-state index >= 15 is 0 Å². The van der Waals surface area contributed by atoms with E-state index in [0.29, 0.717) is 0 Å². The fourth-order valence-electron chi connectivity index (χ4n) is 1.25. The molecule has 0 amide bonds. The van der Waals surface area contributed by atoms with Crippen LogP contribution < -0.4 is 5.32 Å². The Bertz CT molecular complexity index is 386. The van der Waals surface area contributed by atoms with Crippen LogP contribution in [0.5, 0.6) is 0 Å². The first-order valence-electron chi connectivity index (χ1n) is 4.75. The zero-order valence-corrected chi connectivity index (χ0v) is 8.86. The molecule has 15 heavy (non-hydrogen) atoms. The van der Waals surface area contributed by atoms with Crippen LogP contribution in [-0.4, -0.2) is 11.5 Å². The fourth-order valence-corrected chi connectivity index (χ4v) is 1.25. The molecule has 0 fully saturated rings. The molecule has 0 aliphatic rings. The van der Waals surface area contributed by atoms with Gasteiger partial charge in [0.2, 0.25) is 0 Å². The van der Waals surface area contributed by atoms with Gasteiger partial charge in [-0.05, 0) is 25.5 Å². The fraction of sp³-hybridized carbons (Fsp3) is 0.273. The van der Waals surface area contributed by atoms with Crippen LogP contribution in [0, 0.1) is 17.0 Å². The van der Waals surface area contributed by atoms with Gasteiger partial charge < -0.3 is 5.32 Å². The van der Waals surface area contributed by atoms with Crippen LogP contribution in [0.25, 0.3) is 0 Å². The van der Waals surface area contributed by atoms with Crippen molar-refractivity contribution in [1.29, 1.82) is 0 Å². The lowest BCUT2D eigenvalue weighted by atomic mass is 10.2. The number of nitro benzene ring substituents is 1. The molecule has 4 nitrogen and oxygen atoms in total. The predicted molar refractivity (Wildman–Crippen MR) is 61.1 cm³/mol. The quantitative estimate of drug-likeness (QED) is 0.468. The average Bonchev–Trinajstić information content (AvgIpc) is 2.20. The Balaban J connectivity index is 2.79. The molecule has 0 saturated heterocycles. The molecule has 1 aromatic carbocycles. The average molecular weight is 206 g/mol. The minimum Gasteiger partial charge on any atom is -0.381 e. The maximum absolute atomic E-state index is 10.5. The molecule has 0 aliphatic heterocycles. The summed E-state index contributed by atoms with van der Waals surface area (Å²) in [6.07, 6.45) is 3.94. The number of anilines is 1. The van der Waals surface area contributed by atoms with E-state index in [1.165, 1.54) is 6.07 Å². The first kappa shape index (κ1) is 11.2. The summed E-state index contributed by atoms with van der Waals surface area (Å²) in [5.74, 6) is 0. The highest BCUT2D eigenvalue weighted by Gasteiger charge is 2.06. The van der Waals surface area contributed by atoms with Crippen molar-refractivity contribution in [3.8, 4) is 0 Å². The minimum absolute atomic E-state index is 0.129. The molecule has 0 atom stereocenters. The molecule has 0 spiro atoms. The minimum atomic E-state index is -0.386. The number of hydrogen-bond donors (Lipinski definition) is 1. The van der Waals surface area contributed by atoms with Crippen molar-refractivity contribution in [1.82, 2.24) is 0 Å². The molecule has 0 heterocycles. The van der Waals surface area contributed by atoms with Gasteiger partial charge in [-0.1, -0.05) is 12.2 Å². The number of allylic oxidation sites excluding steroid dienone is 1. The van der Waals surface area contributed by atoms with Crippen LogP contribution in [-0.2, 0) is 0 Å². The van der Waals surface area contributed by atoms with E-state index in [1.54, 1.807) is 12.1 Å². The molecular formula is C11H14N2O2. The molecule has 0 radical (unpaired) electrons. The molecule has 0 aliphatic carbocycles. The Hall–Kier alpha value is -1.84. The summed E-state index contributed by atoms with van der Waals surface area (Å²) in [4.78, 5) is 10.1. The molecule has 0 aromatic heterocycles. The highest BCUT2D eigenvalue weighted by Crippen LogP contribution is 2.20. The molecule has 0 bridgehead atoms. The molecular weight excluding hydrogens is 192 g/mol. The molecule has 1 rings (SSSR count). The van der Waals surface area contributed by atoms with Crippen molar-refractivity contribution in [2.45, 2.75) is 13.8 Å². The summed E-state index contributed by atoms with van der Waals surface area (Å²) >= 11 is 0. The molecule has 80 valence electrons. The van der Waals surface area contributed by atoms with Gasteiger partial charge in [-0.2, -0.15) is 0 Å². The smallest absolute Gasteiger partial charge is 0.269 e. The summed E-state index contributed by atoms with van der Waals surface area (Å²) < 4.78 is 0. The second kappa shape index (κ2) is 5.14. The SMILES string of the molecule is C/C=C/CNc1ccc([N+](=O)[O-])cc1C. The maximum atomic E-state index is 10.5. The zero-order valence-electron chi connectivity index (χ0n) is 8.86. The normalized spacial score (nSPS) is 10.5. The van der Waals surface area contributed by atoms with Crippen LogP contribution >= 0.6 is 0 Å². The first-order chi connectivity index (χ1) is 7.15. The molecule has 1 N–H and O–H groups in total. The van der Waals surface area contributed by atoms with Crippen molar-refractivity contribution in [2.24, 2.45) is 0 Å². The summed E-state index contributed by atoms with van der Waals surface area (Å²) in [5, 5.41) is 13.7. The van der Waals surface area contributed by atoms with E-state index in [1.807, 2.05) is 26.0 Å². The number of rotatable bonds is 4. The lowest BCUT2D eigenvalue weighted by Crippen LogP contribution is -2.00. The molecule has 0 unspecified atom stereocenters. The third-order valence-electron chi connectivity index (χ3n) is 2.07. The Morgan fingerprint density at radius 1 is 1.53 bits per heavy atom. The van der Waals surface area contributed by atoms with Crippen molar-refractivity contribution in [2.75, 3.05) is 11.9 Å². The summed E-state index contributed by atoms with van der Waals surface area (Å²) in [5.41, 5.74) is 1.94. The van der Waals surface area contributed by atoms with Crippen molar-refractivity contribution < 1.29 is 4.92 Å². The largest absolute Gasteiger partial charge is 0.381 e. The Morgan fingerprint density at radius 2 is 2.27 bits per heavy atom. The third-order valence-corrected chi connectivity index (χ3v) is 2.07. The number of nitrogens with zero attached hydrogens (tertiary/aromatic N) is 1. The zero-order chi connectivity index (χ0) is 11.3. The highest BCUT2D eigenvalue weighted by atomic mass is 16.6. The van der Waals surface area contributed by atoms with Gasteiger partial charge in [0.25, 0.3) is 5.69 Å². The van der Waals surface area contributed by atoms with E-state index in [-0.39, 0.29) is 10.6 Å². The van der Waals surface area contributed by atoms with E-state index in [0.717, 1.165) is 17.8 Å². The van der Waals surface area contributed by atoms with Crippen LogP contribution in [0.15, 0.2) is 30.4 Å². The standard InChI is InChI=1S/C11H14N2O2/c1-3-4-7-12-11-6-5-10(13(14)15)8-9(11)2/h3-6,8,12H,7H2,1-2H3/b4-3+. The van der Waals surface area contributed by atoms with Crippen LogP contribution in [0.4, 0.5) is 11.4 Å². The topological polar surface area (TPSA) is 55.2 Å². The van der Waals surface area contributed by atoms with Crippen molar-refractivity contribution >= 4 is 11.4 Å². The highest BCUT2D eigenvalue weighted by molar-refractivity contribution is 5.55. The second-order valence-corrected chi connectivity index (χ2v) is 3.21. The van der Waals surface area contributed by atoms with E-state index < -0.39 is 0 Å². The maximum Gasteiger partial charge on any atom is 0.269 e. The number of hydrogen-bond acceptors (Lipinski definition) is 3. The molecule has 1 aromatic rings. The van der Waals surface area contributed by atoms with Crippen LogP contribution in [0.3, 0.4) is 0 Å². The van der Waals surface area contributed by atoms with Crippen LogP contribution in [0.1, 0.15) is 12.5 Å². The van der Waals surface area contributed by atoms with Crippen molar-refractivity contribution in [3.63, 3.8) is 0 Å². The number of nitro groups is 1. The van der Waals surface area contributed by atoms with E-state index in [4.69, 9.17) is 0 Å². The third kappa shape index (κ3) is 3.09. The van der Waals surface area contributed by atoms with Gasteiger partial charge in [0, 0.05) is 24.4 Å². The lowest BCUT2D eigenvalue weighted by molar-refractivity contribution is -0.384. The van der Waals surface area contributed by atoms with Gasteiger partial charge in [-0.25, -0.2) is 0 Å². The van der Waals surface area contributed by atoms with Gasteiger partial charge >= 0.3 is 0 Å².